The van der Waals surface area contributed by atoms with E-state index in [-0.39, 0.29) is 29.4 Å². The Kier molecular flexibility index (Phi) is 5.47. The molecule has 1 atom stereocenters. The van der Waals surface area contributed by atoms with E-state index in [0.717, 1.165) is 25.0 Å². The van der Waals surface area contributed by atoms with Crippen molar-refractivity contribution in [2.75, 3.05) is 6.54 Å². The Morgan fingerprint density at radius 2 is 2.14 bits per heavy atom. The lowest BCUT2D eigenvalue weighted by Gasteiger charge is -2.32. The molecule has 1 aromatic carbocycles. The Morgan fingerprint density at radius 3 is 2.90 bits per heavy atom. The summed E-state index contributed by atoms with van der Waals surface area (Å²) < 4.78 is 25.1. The van der Waals surface area contributed by atoms with Crippen molar-refractivity contribution < 1.29 is 18.1 Å². The van der Waals surface area contributed by atoms with Crippen LogP contribution < -0.4 is 0 Å². The minimum atomic E-state index is -0.272. The Balaban J connectivity index is 1.54. The number of likely N-dealkylation sites (tertiary alicyclic amines) is 1. The zero-order valence-corrected chi connectivity index (χ0v) is 16.6. The lowest BCUT2D eigenvalue weighted by Crippen LogP contribution is -2.38. The van der Waals surface area contributed by atoms with Gasteiger partial charge in [-0.25, -0.2) is 9.37 Å². The van der Waals surface area contributed by atoms with Crippen LogP contribution in [0.3, 0.4) is 0 Å². The first kappa shape index (κ1) is 19.4. The smallest absolute Gasteiger partial charge is 0.293 e. The average molecular weight is 397 g/mol. The Hall–Kier alpha value is -2.96. The molecule has 7 heteroatoms. The summed E-state index contributed by atoms with van der Waals surface area (Å²) >= 11 is 0. The molecule has 152 valence electrons. The Bertz CT molecular complexity index is 995. The molecule has 2 aromatic heterocycles. The number of oxazole rings is 1. The fraction of sp³-hybridized carbons (Fsp3) is 0.409. The van der Waals surface area contributed by atoms with E-state index in [1.807, 2.05) is 13.8 Å². The van der Waals surface area contributed by atoms with Gasteiger partial charge < -0.3 is 13.8 Å². The summed E-state index contributed by atoms with van der Waals surface area (Å²) in [4.78, 5) is 19.2. The second-order valence-corrected chi connectivity index (χ2v) is 7.71. The van der Waals surface area contributed by atoms with Gasteiger partial charge in [-0.05, 0) is 36.8 Å². The molecule has 3 heterocycles. The van der Waals surface area contributed by atoms with Crippen LogP contribution in [0.15, 0.2) is 45.5 Å². The Morgan fingerprint density at radius 1 is 1.31 bits per heavy atom. The number of carbonyl (C=O) groups excluding carboxylic acids is 1. The van der Waals surface area contributed by atoms with Crippen molar-refractivity contribution in [3.05, 3.63) is 71.0 Å². The van der Waals surface area contributed by atoms with Gasteiger partial charge in [-0.15, -0.1) is 0 Å². The molecule has 4 rings (SSSR count). The van der Waals surface area contributed by atoms with Crippen LogP contribution in [0.25, 0.3) is 0 Å². The lowest BCUT2D eigenvalue weighted by molar-refractivity contribution is 0.0528. The van der Waals surface area contributed by atoms with Crippen molar-refractivity contribution in [1.82, 2.24) is 15.0 Å². The van der Waals surface area contributed by atoms with E-state index in [1.165, 1.54) is 6.07 Å². The monoisotopic (exact) mass is 397 g/mol. The molecule has 0 unspecified atom stereocenters. The number of nitrogens with zero attached hydrogens (tertiary/aromatic N) is 3. The first-order valence-electron chi connectivity index (χ1n) is 9.98. The molecule has 1 saturated heterocycles. The number of hydrogen-bond donors (Lipinski definition) is 0. The van der Waals surface area contributed by atoms with Crippen molar-refractivity contribution >= 4 is 5.91 Å². The Labute approximate surface area is 168 Å². The molecule has 0 aliphatic carbocycles. The van der Waals surface area contributed by atoms with Crippen LogP contribution in [0.2, 0.25) is 0 Å². The van der Waals surface area contributed by atoms with Gasteiger partial charge in [0.05, 0.1) is 11.9 Å². The van der Waals surface area contributed by atoms with Gasteiger partial charge in [0.2, 0.25) is 11.7 Å². The lowest BCUT2D eigenvalue weighted by atomic mass is 10.0. The highest BCUT2D eigenvalue weighted by atomic mass is 19.1. The van der Waals surface area contributed by atoms with E-state index in [0.29, 0.717) is 30.2 Å². The summed E-state index contributed by atoms with van der Waals surface area (Å²) in [5.74, 6) is 0.996. The van der Waals surface area contributed by atoms with Gasteiger partial charge in [0.25, 0.3) is 5.91 Å². The van der Waals surface area contributed by atoms with Crippen LogP contribution in [0.4, 0.5) is 4.39 Å². The number of aromatic nitrogens is 2. The molecule has 3 aromatic rings. The van der Waals surface area contributed by atoms with Gasteiger partial charge in [-0.2, -0.15) is 0 Å². The van der Waals surface area contributed by atoms with Gasteiger partial charge in [0.15, 0.2) is 0 Å². The van der Waals surface area contributed by atoms with Crippen molar-refractivity contribution in [3.63, 3.8) is 0 Å². The summed E-state index contributed by atoms with van der Waals surface area (Å²) in [6.07, 6.45) is 4.59. The van der Waals surface area contributed by atoms with Gasteiger partial charge >= 0.3 is 0 Å². The maximum atomic E-state index is 13.9. The zero-order valence-electron chi connectivity index (χ0n) is 16.6. The first-order valence-corrected chi connectivity index (χ1v) is 9.98. The van der Waals surface area contributed by atoms with Gasteiger partial charge in [-0.1, -0.05) is 37.2 Å². The van der Waals surface area contributed by atoms with Crippen LogP contribution in [0.1, 0.15) is 78.5 Å². The highest BCUT2D eigenvalue weighted by molar-refractivity contribution is 5.91. The molecule has 1 amide bonds. The highest BCUT2D eigenvalue weighted by Gasteiger charge is 2.34. The SMILES string of the molecule is CC(C)c1cc(C(=O)N2CCCC[C@H]2c2ncc(Cc3ccccc3F)o2)on1. The van der Waals surface area contributed by atoms with E-state index in [9.17, 15) is 9.18 Å². The molecule has 0 radical (unpaired) electrons. The minimum Gasteiger partial charge on any atom is -0.443 e. The predicted octanol–water partition coefficient (Wildman–Crippen LogP) is 4.88. The minimum absolute atomic E-state index is 0.185. The van der Waals surface area contributed by atoms with Crippen LogP contribution in [0.5, 0.6) is 0 Å². The molecule has 1 aliphatic rings. The molecular weight excluding hydrogens is 373 g/mol. The summed E-state index contributed by atoms with van der Waals surface area (Å²) in [6, 6.07) is 8.04. The number of amides is 1. The summed E-state index contributed by atoms with van der Waals surface area (Å²) in [6.45, 7) is 4.60. The molecular formula is C22H24FN3O3. The second kappa shape index (κ2) is 8.19. The van der Waals surface area contributed by atoms with Gasteiger partial charge in [0, 0.05) is 19.0 Å². The van der Waals surface area contributed by atoms with E-state index < -0.39 is 0 Å². The van der Waals surface area contributed by atoms with Crippen molar-refractivity contribution in [2.45, 2.75) is 51.5 Å². The maximum absolute atomic E-state index is 13.9. The number of piperidine rings is 1. The van der Waals surface area contributed by atoms with Gasteiger partial charge in [-0.3, -0.25) is 4.79 Å². The quantitative estimate of drug-likeness (QED) is 0.613. The van der Waals surface area contributed by atoms with Crippen LogP contribution >= 0.6 is 0 Å². The predicted molar refractivity (Wildman–Crippen MR) is 104 cm³/mol. The molecule has 6 nitrogen and oxygen atoms in total. The fourth-order valence-electron chi connectivity index (χ4n) is 3.62. The molecule has 0 N–H and O–H groups in total. The molecule has 0 saturated carbocycles. The third-order valence-electron chi connectivity index (χ3n) is 5.27. The number of carbonyl (C=O) groups is 1. The second-order valence-electron chi connectivity index (χ2n) is 7.71. The van der Waals surface area contributed by atoms with Crippen LogP contribution in [0, 0.1) is 5.82 Å². The number of rotatable bonds is 5. The number of benzene rings is 1. The summed E-state index contributed by atoms with van der Waals surface area (Å²) in [5.41, 5.74) is 1.31. The molecule has 0 bridgehead atoms. The third kappa shape index (κ3) is 4.09. The molecule has 0 spiro atoms. The van der Waals surface area contributed by atoms with E-state index in [1.54, 1.807) is 35.4 Å². The summed E-state index contributed by atoms with van der Waals surface area (Å²) in [7, 11) is 0. The highest BCUT2D eigenvalue weighted by Crippen LogP contribution is 2.32. The third-order valence-corrected chi connectivity index (χ3v) is 5.27. The molecule has 1 aliphatic heterocycles. The first-order chi connectivity index (χ1) is 14.0. The standard InChI is InChI=1S/C22H24FN3O3/c1-14(2)18-12-20(29-25-18)22(27)26-10-6-5-9-19(26)21-24-13-16(28-21)11-15-7-3-4-8-17(15)23/h3-4,7-8,12-14,19H,5-6,9-11H2,1-2H3/t19-/m0/s1. The molecule has 1 fully saturated rings. The van der Waals surface area contributed by atoms with Crippen LogP contribution in [-0.2, 0) is 6.42 Å². The number of hydrogen-bond acceptors (Lipinski definition) is 5. The van der Waals surface area contributed by atoms with Crippen molar-refractivity contribution in [1.29, 1.82) is 0 Å². The molecule has 29 heavy (non-hydrogen) atoms. The average Bonchev–Trinajstić information content (AvgIpc) is 3.39. The fourth-order valence-corrected chi connectivity index (χ4v) is 3.62. The van der Waals surface area contributed by atoms with E-state index >= 15 is 0 Å². The van der Waals surface area contributed by atoms with Crippen molar-refractivity contribution in [3.8, 4) is 0 Å². The van der Waals surface area contributed by atoms with Gasteiger partial charge in [0.1, 0.15) is 17.6 Å². The normalized spacial score (nSPS) is 17.1. The number of halogens is 1. The zero-order chi connectivity index (χ0) is 20.4. The van der Waals surface area contributed by atoms with E-state index in [4.69, 9.17) is 8.94 Å². The van der Waals surface area contributed by atoms with E-state index in [2.05, 4.69) is 10.1 Å². The largest absolute Gasteiger partial charge is 0.443 e. The topological polar surface area (TPSA) is 72.4 Å². The van der Waals surface area contributed by atoms with Crippen LogP contribution in [-0.4, -0.2) is 27.5 Å². The van der Waals surface area contributed by atoms with Crippen molar-refractivity contribution in [2.24, 2.45) is 0 Å². The summed E-state index contributed by atoms with van der Waals surface area (Å²) in [5, 5.41) is 3.99. The maximum Gasteiger partial charge on any atom is 0.293 e.